The third-order valence-electron chi connectivity index (χ3n) is 3.77. The first-order chi connectivity index (χ1) is 6.37. The van der Waals surface area contributed by atoms with Crippen molar-refractivity contribution < 1.29 is 4.74 Å². The Bertz CT molecular complexity index is 160. The van der Waals surface area contributed by atoms with Crippen LogP contribution in [0.4, 0.5) is 0 Å². The van der Waals surface area contributed by atoms with Gasteiger partial charge in [-0.25, -0.2) is 0 Å². The van der Waals surface area contributed by atoms with Crippen molar-refractivity contribution in [1.29, 1.82) is 0 Å². The second-order valence-corrected chi connectivity index (χ2v) is 4.38. The Morgan fingerprint density at radius 3 is 2.69 bits per heavy atom. The second kappa shape index (κ2) is 3.95. The van der Waals surface area contributed by atoms with E-state index < -0.39 is 0 Å². The van der Waals surface area contributed by atoms with E-state index >= 15 is 0 Å². The zero-order chi connectivity index (χ0) is 9.15. The highest BCUT2D eigenvalue weighted by Gasteiger charge is 2.40. The molecule has 3 N–H and O–H groups in total. The molecular formula is C10H20N2O. The summed E-state index contributed by atoms with van der Waals surface area (Å²) in [5.74, 6) is 0.793. The van der Waals surface area contributed by atoms with Crippen molar-refractivity contribution in [3.8, 4) is 0 Å². The average Bonchev–Trinajstić information content (AvgIpc) is 2.69. The third kappa shape index (κ3) is 1.73. The average molecular weight is 184 g/mol. The lowest BCUT2D eigenvalue weighted by atomic mass is 9.71. The number of ether oxygens (including phenoxy) is 1. The third-order valence-corrected chi connectivity index (χ3v) is 3.77. The van der Waals surface area contributed by atoms with Crippen molar-refractivity contribution in [3.63, 3.8) is 0 Å². The zero-order valence-electron chi connectivity index (χ0n) is 8.22. The minimum Gasteiger partial charge on any atom is -0.381 e. The molecule has 0 spiro atoms. The van der Waals surface area contributed by atoms with Crippen LogP contribution >= 0.6 is 0 Å². The fourth-order valence-electron chi connectivity index (χ4n) is 2.76. The minimum atomic E-state index is 0.393. The topological polar surface area (TPSA) is 47.3 Å². The molecule has 76 valence electrons. The maximum Gasteiger partial charge on any atom is 0.0468 e. The fraction of sp³-hybridized carbons (Fsp3) is 1.00. The summed E-state index contributed by atoms with van der Waals surface area (Å²) < 4.78 is 5.39. The summed E-state index contributed by atoms with van der Waals surface area (Å²) in [6.45, 7) is 4.98. The van der Waals surface area contributed by atoms with E-state index in [-0.39, 0.29) is 0 Å². The predicted octanol–water partition coefficient (Wildman–Crippen LogP) is 0.351. The summed E-state index contributed by atoms with van der Waals surface area (Å²) >= 11 is 0. The zero-order valence-corrected chi connectivity index (χ0v) is 8.22. The van der Waals surface area contributed by atoms with Crippen LogP contribution in [0, 0.1) is 11.3 Å². The van der Waals surface area contributed by atoms with Gasteiger partial charge in [0.1, 0.15) is 0 Å². The largest absolute Gasteiger partial charge is 0.381 e. The number of hydrogen-bond acceptors (Lipinski definition) is 3. The van der Waals surface area contributed by atoms with E-state index in [2.05, 4.69) is 5.32 Å². The summed E-state index contributed by atoms with van der Waals surface area (Å²) in [4.78, 5) is 0. The van der Waals surface area contributed by atoms with Crippen LogP contribution in [-0.2, 0) is 4.74 Å². The van der Waals surface area contributed by atoms with E-state index in [1.165, 1.54) is 19.3 Å². The molecule has 0 amide bonds. The molecule has 0 saturated carbocycles. The first-order valence-corrected chi connectivity index (χ1v) is 5.36. The number of nitrogens with one attached hydrogen (secondary N) is 1. The van der Waals surface area contributed by atoms with Gasteiger partial charge in [-0.05, 0) is 43.7 Å². The van der Waals surface area contributed by atoms with Gasteiger partial charge in [-0.3, -0.25) is 0 Å². The van der Waals surface area contributed by atoms with Crippen molar-refractivity contribution in [2.75, 3.05) is 32.8 Å². The summed E-state index contributed by atoms with van der Waals surface area (Å²) in [6.07, 6.45) is 3.67. The highest BCUT2D eigenvalue weighted by molar-refractivity contribution is 4.94. The number of hydrogen-bond donors (Lipinski definition) is 2. The Labute approximate surface area is 80.0 Å². The molecule has 2 rings (SSSR count). The minimum absolute atomic E-state index is 0.393. The van der Waals surface area contributed by atoms with Crippen molar-refractivity contribution in [3.05, 3.63) is 0 Å². The summed E-state index contributed by atoms with van der Waals surface area (Å²) in [5.41, 5.74) is 6.31. The van der Waals surface area contributed by atoms with Crippen LogP contribution in [0.2, 0.25) is 0 Å². The molecule has 2 aliphatic rings. The van der Waals surface area contributed by atoms with Crippen LogP contribution in [0.5, 0.6) is 0 Å². The molecule has 0 aromatic carbocycles. The molecule has 3 nitrogen and oxygen atoms in total. The van der Waals surface area contributed by atoms with Gasteiger partial charge in [0.05, 0.1) is 0 Å². The second-order valence-electron chi connectivity index (χ2n) is 4.38. The smallest absolute Gasteiger partial charge is 0.0468 e. The standard InChI is InChI=1S/C10H20N2O/c11-7-10(3-4-12-8-10)9-1-5-13-6-2-9/h9,12H,1-8,11H2. The summed E-state index contributed by atoms with van der Waals surface area (Å²) in [5, 5.41) is 3.44. The van der Waals surface area contributed by atoms with E-state index in [4.69, 9.17) is 10.5 Å². The lowest BCUT2D eigenvalue weighted by molar-refractivity contribution is 0.0197. The van der Waals surface area contributed by atoms with Gasteiger partial charge >= 0.3 is 0 Å². The van der Waals surface area contributed by atoms with Crippen molar-refractivity contribution in [1.82, 2.24) is 5.32 Å². The van der Waals surface area contributed by atoms with Crippen molar-refractivity contribution >= 4 is 0 Å². The van der Waals surface area contributed by atoms with Crippen molar-refractivity contribution in [2.24, 2.45) is 17.1 Å². The molecule has 1 atom stereocenters. The van der Waals surface area contributed by atoms with Crippen LogP contribution in [0.25, 0.3) is 0 Å². The van der Waals surface area contributed by atoms with Gasteiger partial charge in [0.2, 0.25) is 0 Å². The lowest BCUT2D eigenvalue weighted by Gasteiger charge is -2.38. The Kier molecular flexibility index (Phi) is 2.86. The first kappa shape index (κ1) is 9.44. The van der Waals surface area contributed by atoms with Gasteiger partial charge in [-0.1, -0.05) is 0 Å². The highest BCUT2D eigenvalue weighted by Crippen LogP contribution is 2.38. The van der Waals surface area contributed by atoms with E-state index in [0.29, 0.717) is 5.41 Å². The fourth-order valence-corrected chi connectivity index (χ4v) is 2.76. The maximum atomic E-state index is 5.92. The summed E-state index contributed by atoms with van der Waals surface area (Å²) in [7, 11) is 0. The molecule has 2 aliphatic heterocycles. The van der Waals surface area contributed by atoms with Crippen molar-refractivity contribution in [2.45, 2.75) is 19.3 Å². The molecule has 2 fully saturated rings. The van der Waals surface area contributed by atoms with Crippen LogP contribution in [-0.4, -0.2) is 32.8 Å². The first-order valence-electron chi connectivity index (χ1n) is 5.36. The van der Waals surface area contributed by atoms with Gasteiger partial charge in [0, 0.05) is 19.8 Å². The molecule has 1 unspecified atom stereocenters. The van der Waals surface area contributed by atoms with E-state index in [0.717, 1.165) is 38.8 Å². The quantitative estimate of drug-likeness (QED) is 0.651. The SMILES string of the molecule is NCC1(C2CCOCC2)CCNC1. The van der Waals surface area contributed by atoms with Crippen LogP contribution in [0.1, 0.15) is 19.3 Å². The highest BCUT2D eigenvalue weighted by atomic mass is 16.5. The molecule has 2 saturated heterocycles. The summed E-state index contributed by atoms with van der Waals surface area (Å²) in [6, 6.07) is 0. The molecule has 0 aliphatic carbocycles. The van der Waals surface area contributed by atoms with Gasteiger partial charge in [-0.15, -0.1) is 0 Å². The molecule has 0 aromatic rings. The van der Waals surface area contributed by atoms with E-state index in [1.807, 2.05) is 0 Å². The molecule has 0 radical (unpaired) electrons. The molecule has 13 heavy (non-hydrogen) atoms. The van der Waals surface area contributed by atoms with Gasteiger partial charge in [-0.2, -0.15) is 0 Å². The number of nitrogens with two attached hydrogens (primary N) is 1. The molecule has 0 aromatic heterocycles. The monoisotopic (exact) mass is 184 g/mol. The van der Waals surface area contributed by atoms with Crippen LogP contribution in [0.3, 0.4) is 0 Å². The lowest BCUT2D eigenvalue weighted by Crippen LogP contribution is -2.42. The molecule has 3 heteroatoms. The van der Waals surface area contributed by atoms with Gasteiger partial charge in [0.25, 0.3) is 0 Å². The Balaban J connectivity index is 2.01. The normalized spacial score (nSPS) is 36.7. The molecular weight excluding hydrogens is 164 g/mol. The van der Waals surface area contributed by atoms with E-state index in [1.54, 1.807) is 0 Å². The molecule has 0 bridgehead atoms. The Hall–Kier alpha value is -0.120. The Morgan fingerprint density at radius 1 is 1.38 bits per heavy atom. The number of rotatable bonds is 2. The molecule has 2 heterocycles. The Morgan fingerprint density at radius 2 is 2.15 bits per heavy atom. The maximum absolute atomic E-state index is 5.92. The van der Waals surface area contributed by atoms with E-state index in [9.17, 15) is 0 Å². The van der Waals surface area contributed by atoms with Crippen LogP contribution in [0.15, 0.2) is 0 Å². The van der Waals surface area contributed by atoms with Crippen LogP contribution < -0.4 is 11.1 Å². The van der Waals surface area contributed by atoms with Gasteiger partial charge < -0.3 is 15.8 Å². The van der Waals surface area contributed by atoms with Gasteiger partial charge in [0.15, 0.2) is 0 Å². The predicted molar refractivity (Wildman–Crippen MR) is 52.5 cm³/mol.